The average molecular weight is 308 g/mol. The fraction of sp³-hybridized carbons (Fsp3) is 0.545. The highest BCUT2D eigenvalue weighted by Gasteiger charge is 2.38. The van der Waals surface area contributed by atoms with Gasteiger partial charge in [0.2, 0.25) is 0 Å². The number of amides is 1. The summed E-state index contributed by atoms with van der Waals surface area (Å²) in [5.41, 5.74) is -1.09. The van der Waals surface area contributed by atoms with Crippen LogP contribution in [0.15, 0.2) is 23.4 Å². The fourth-order valence-electron chi connectivity index (χ4n) is 1.47. The molecule has 8 heteroatoms. The lowest BCUT2D eigenvalue weighted by Crippen LogP contribution is -2.51. The van der Waals surface area contributed by atoms with Gasteiger partial charge in [0.25, 0.3) is 11.6 Å². The van der Waals surface area contributed by atoms with Crippen molar-refractivity contribution in [2.24, 2.45) is 5.84 Å². The number of hydrogen-bond acceptors (Lipinski definition) is 4. The Balaban J connectivity index is 3.20. The zero-order valence-electron chi connectivity index (χ0n) is 10.8. The van der Waals surface area contributed by atoms with Crippen LogP contribution in [0.2, 0.25) is 0 Å². The Morgan fingerprint density at radius 1 is 1.53 bits per heavy atom. The van der Waals surface area contributed by atoms with Crippen LogP contribution in [0.1, 0.15) is 27.2 Å². The third kappa shape index (κ3) is 3.68. The summed E-state index contributed by atoms with van der Waals surface area (Å²) in [6, 6.07) is 0. The zero-order valence-corrected chi connectivity index (χ0v) is 12.3. The summed E-state index contributed by atoms with van der Waals surface area (Å²) in [5, 5.41) is 12.0. The molecule has 1 aliphatic carbocycles. The molecule has 0 saturated carbocycles. The summed E-state index contributed by atoms with van der Waals surface area (Å²) < 4.78 is -1.38. The van der Waals surface area contributed by atoms with Gasteiger partial charge < -0.3 is 0 Å². The lowest BCUT2D eigenvalue weighted by molar-refractivity contribution is -0.429. The smallest absolute Gasteiger partial charge is 0.271 e. The van der Waals surface area contributed by atoms with Gasteiger partial charge >= 0.3 is 0 Å². The van der Waals surface area contributed by atoms with Gasteiger partial charge in [0.15, 0.2) is 0 Å². The van der Waals surface area contributed by atoms with E-state index in [0.717, 1.165) is 5.01 Å². The minimum atomic E-state index is -1.38. The van der Waals surface area contributed by atoms with E-state index in [2.05, 4.69) is 0 Å². The van der Waals surface area contributed by atoms with E-state index < -0.39 is 20.7 Å². The minimum absolute atomic E-state index is 0.0978. The van der Waals surface area contributed by atoms with Gasteiger partial charge in [-0.15, -0.1) is 0 Å². The third-order valence-electron chi connectivity index (χ3n) is 2.60. The van der Waals surface area contributed by atoms with Gasteiger partial charge in [-0.05, 0) is 32.9 Å². The molecule has 106 valence electrons. The quantitative estimate of drug-likeness (QED) is 0.278. The van der Waals surface area contributed by atoms with Gasteiger partial charge in [0.1, 0.15) is 9.91 Å². The first-order chi connectivity index (χ1) is 8.46. The molecule has 1 amide bonds. The van der Waals surface area contributed by atoms with E-state index in [9.17, 15) is 14.9 Å². The summed E-state index contributed by atoms with van der Waals surface area (Å²) in [6.45, 7) is 5.16. The lowest BCUT2D eigenvalue weighted by Gasteiger charge is -2.32. The third-order valence-corrected chi connectivity index (χ3v) is 3.12. The molecule has 2 N–H and O–H groups in total. The molecule has 0 heterocycles. The molecule has 0 aromatic carbocycles. The first-order valence-corrected chi connectivity index (χ1v) is 6.25. The number of hydrogen-bond donors (Lipinski definition) is 1. The van der Waals surface area contributed by atoms with Crippen molar-refractivity contribution in [1.82, 2.24) is 5.01 Å². The molecule has 0 unspecified atom stereocenters. The number of rotatable bonds is 2. The molecule has 0 bridgehead atoms. The van der Waals surface area contributed by atoms with Crippen LogP contribution in [-0.4, -0.2) is 25.7 Å². The predicted octanol–water partition coefficient (Wildman–Crippen LogP) is 2.15. The summed E-state index contributed by atoms with van der Waals surface area (Å²) in [5.74, 6) is 5.04. The van der Waals surface area contributed by atoms with Crippen molar-refractivity contribution in [2.75, 3.05) is 0 Å². The van der Waals surface area contributed by atoms with Crippen LogP contribution in [0, 0.1) is 10.1 Å². The van der Waals surface area contributed by atoms with Gasteiger partial charge in [0.05, 0.1) is 16.9 Å². The molecule has 0 spiro atoms. The molecule has 0 atom stereocenters. The normalized spacial score (nSPS) is 18.4. The average Bonchev–Trinajstić information content (AvgIpc) is 2.24. The van der Waals surface area contributed by atoms with Crippen molar-refractivity contribution in [3.05, 3.63) is 33.5 Å². The Morgan fingerprint density at radius 2 is 2.05 bits per heavy atom. The number of carbonyl (C=O) groups excluding carboxylic acids is 1. The molecule has 0 aromatic heterocycles. The van der Waals surface area contributed by atoms with Crippen LogP contribution in [0.5, 0.6) is 0 Å². The lowest BCUT2D eigenvalue weighted by atomic mass is 10.00. The van der Waals surface area contributed by atoms with Gasteiger partial charge in [-0.2, -0.15) is 0 Å². The second-order valence-electron chi connectivity index (χ2n) is 5.23. The summed E-state index contributed by atoms with van der Waals surface area (Å²) >= 11 is 11.7. The van der Waals surface area contributed by atoms with Crippen LogP contribution in [-0.2, 0) is 4.79 Å². The van der Waals surface area contributed by atoms with Crippen molar-refractivity contribution in [3.8, 4) is 0 Å². The Labute approximate surface area is 120 Å². The van der Waals surface area contributed by atoms with Crippen LogP contribution in [0.3, 0.4) is 0 Å². The second kappa shape index (κ2) is 5.11. The largest absolute Gasteiger partial charge is 0.274 e. The number of alkyl halides is 2. The van der Waals surface area contributed by atoms with Gasteiger partial charge in [0, 0.05) is 0 Å². The van der Waals surface area contributed by atoms with E-state index in [1.165, 1.54) is 12.2 Å². The molecule has 0 fully saturated rings. The molecule has 6 nitrogen and oxygen atoms in total. The number of nitro groups is 1. The maximum Gasteiger partial charge on any atom is 0.274 e. The molecule has 0 aliphatic heterocycles. The van der Waals surface area contributed by atoms with Crippen LogP contribution in [0.25, 0.3) is 0 Å². The first-order valence-electron chi connectivity index (χ1n) is 5.49. The summed E-state index contributed by atoms with van der Waals surface area (Å²) in [7, 11) is 0. The Kier molecular flexibility index (Phi) is 4.29. The molecule has 0 radical (unpaired) electrons. The van der Waals surface area contributed by atoms with Crippen molar-refractivity contribution in [2.45, 2.75) is 37.1 Å². The number of halogens is 2. The van der Waals surface area contributed by atoms with Crippen LogP contribution < -0.4 is 5.84 Å². The number of allylic oxidation sites excluding steroid dienone is 2. The second-order valence-corrected chi connectivity index (χ2v) is 6.78. The number of nitrogens with zero attached hydrogens (tertiary/aromatic N) is 2. The Morgan fingerprint density at radius 3 is 2.47 bits per heavy atom. The molecule has 1 aliphatic rings. The molecular formula is C11H15Cl2N3O3. The standard InChI is InChI=1S/C11H15Cl2N3O3/c1-10(2,3)15(14)9(17)7-4-5-11(12,13)6-8(7)16(18)19/h4-5H,6,14H2,1-3H3. The maximum absolute atomic E-state index is 12.2. The van der Waals surface area contributed by atoms with E-state index in [4.69, 9.17) is 29.0 Å². The number of nitrogens with two attached hydrogens (primary N) is 1. The Hall–Kier alpha value is -1.11. The SMILES string of the molecule is CC(C)(C)N(N)C(=O)C1=C([N+](=O)[O-])CC(Cl)(Cl)C=C1. The highest BCUT2D eigenvalue weighted by Crippen LogP contribution is 2.36. The summed E-state index contributed by atoms with van der Waals surface area (Å²) in [6.07, 6.45) is 2.33. The summed E-state index contributed by atoms with van der Waals surface area (Å²) in [4.78, 5) is 22.5. The minimum Gasteiger partial charge on any atom is -0.271 e. The maximum atomic E-state index is 12.2. The topological polar surface area (TPSA) is 89.5 Å². The first kappa shape index (κ1) is 15.9. The van der Waals surface area contributed by atoms with Crippen LogP contribution in [0.4, 0.5) is 0 Å². The molecule has 0 saturated heterocycles. The fourth-order valence-corrected chi connectivity index (χ4v) is 1.85. The van der Waals surface area contributed by atoms with E-state index in [1.807, 2.05) is 0 Å². The monoisotopic (exact) mass is 307 g/mol. The van der Waals surface area contributed by atoms with Crippen molar-refractivity contribution < 1.29 is 9.72 Å². The Bertz CT molecular complexity index is 478. The van der Waals surface area contributed by atoms with Crippen molar-refractivity contribution in [3.63, 3.8) is 0 Å². The molecule has 0 aromatic rings. The van der Waals surface area contributed by atoms with E-state index in [0.29, 0.717) is 0 Å². The van der Waals surface area contributed by atoms with E-state index in [-0.39, 0.29) is 17.7 Å². The van der Waals surface area contributed by atoms with Gasteiger partial charge in [-0.3, -0.25) is 19.9 Å². The van der Waals surface area contributed by atoms with Crippen molar-refractivity contribution in [1.29, 1.82) is 0 Å². The zero-order chi connectivity index (χ0) is 15.0. The van der Waals surface area contributed by atoms with Crippen LogP contribution >= 0.6 is 23.2 Å². The van der Waals surface area contributed by atoms with Crippen molar-refractivity contribution >= 4 is 29.1 Å². The van der Waals surface area contributed by atoms with Gasteiger partial charge in [-0.25, -0.2) is 5.84 Å². The molecule has 1 rings (SSSR count). The van der Waals surface area contributed by atoms with E-state index in [1.54, 1.807) is 20.8 Å². The van der Waals surface area contributed by atoms with E-state index >= 15 is 0 Å². The predicted molar refractivity (Wildman–Crippen MR) is 73.0 cm³/mol. The number of carbonyl (C=O) groups is 1. The highest BCUT2D eigenvalue weighted by atomic mass is 35.5. The molecular weight excluding hydrogens is 293 g/mol. The van der Waals surface area contributed by atoms with Gasteiger partial charge in [-0.1, -0.05) is 23.2 Å². The number of hydrazine groups is 1. The molecule has 19 heavy (non-hydrogen) atoms. The highest BCUT2D eigenvalue weighted by molar-refractivity contribution is 6.50.